The molecule has 1 rings (SSSR count). The van der Waals surface area contributed by atoms with Gasteiger partial charge >= 0.3 is 0 Å². The van der Waals surface area contributed by atoms with Crippen LogP contribution >= 0.6 is 15.9 Å². The molecule has 1 radical (unpaired) electrons. The number of alkyl halides is 1. The summed E-state index contributed by atoms with van der Waals surface area (Å²) in [6.07, 6.45) is 0.911. The molecule has 65 valence electrons. The molecule has 0 aliphatic rings. The summed E-state index contributed by atoms with van der Waals surface area (Å²) < 4.78 is 5.23. The number of hydrogen-bond donors (Lipinski definition) is 0. The molecule has 0 saturated carbocycles. The van der Waals surface area contributed by atoms with Crippen LogP contribution in [0.3, 0.4) is 0 Å². The Hall–Kier alpha value is -0.700. The summed E-state index contributed by atoms with van der Waals surface area (Å²) in [6, 6.07) is 6.70. The van der Waals surface area contributed by atoms with Gasteiger partial charge in [0.25, 0.3) is 0 Å². The Labute approximate surface area is 80.3 Å². The Kier molecular flexibility index (Phi) is 3.94. The van der Waals surface area contributed by atoms with Gasteiger partial charge in [0.05, 0.1) is 6.61 Å². The van der Waals surface area contributed by atoms with Gasteiger partial charge in [-0.25, -0.2) is 0 Å². The monoisotopic (exact) mass is 229 g/mol. The van der Waals surface area contributed by atoms with Gasteiger partial charge in [-0.05, 0) is 18.6 Å². The highest BCUT2D eigenvalue weighted by atomic mass is 79.9. The number of hydrogen-bond acceptors (Lipinski definition) is 1. The molecular weight excluding hydrogens is 220 g/mol. The lowest BCUT2D eigenvalue weighted by atomic mass is 10.3. The smallest absolute Gasteiger partial charge is 0.220 e. The average molecular weight is 230 g/mol. The first-order chi connectivity index (χ1) is 5.84. The van der Waals surface area contributed by atoms with Crippen molar-refractivity contribution in [3.05, 3.63) is 24.3 Å². The molecule has 0 bridgehead atoms. The lowest BCUT2D eigenvalue weighted by molar-refractivity contribution is 0.277. The molecule has 0 aromatic heterocycles. The Bertz CT molecular complexity index is 238. The fraction of sp³-hybridized carbons (Fsp3) is 0.333. The Morgan fingerprint density at radius 2 is 2.08 bits per heavy atom. The number of benzene rings is 1. The molecule has 0 heterocycles. The summed E-state index contributed by atoms with van der Waals surface area (Å²) in [4.78, 5) is 0. The van der Waals surface area contributed by atoms with Crippen LogP contribution < -0.4 is 4.74 Å². The number of ether oxygens (including phenoxy) is 1. The van der Waals surface area contributed by atoms with Gasteiger partial charge in [-0.2, -0.15) is 0 Å². The zero-order chi connectivity index (χ0) is 8.81. The van der Waals surface area contributed by atoms with Crippen molar-refractivity contribution in [3.63, 3.8) is 0 Å². The van der Waals surface area contributed by atoms with Crippen LogP contribution in [-0.4, -0.2) is 11.9 Å². The molecule has 0 fully saturated rings. The molecule has 0 N–H and O–H groups in total. The molecule has 3 heteroatoms. The van der Waals surface area contributed by atoms with E-state index in [4.69, 9.17) is 4.74 Å². The van der Waals surface area contributed by atoms with Gasteiger partial charge < -0.3 is 4.74 Å². The second-order valence-electron chi connectivity index (χ2n) is 2.34. The lowest BCUT2D eigenvalue weighted by Gasteiger charge is -2.04. The van der Waals surface area contributed by atoms with Crippen LogP contribution in [0.2, 0.25) is 0 Å². The minimum atomic E-state index is -0.0490. The van der Waals surface area contributed by atoms with Crippen molar-refractivity contribution in [3.8, 4) is 11.5 Å². The molecule has 0 unspecified atom stereocenters. The van der Waals surface area contributed by atoms with Crippen molar-refractivity contribution in [2.75, 3.05) is 11.9 Å². The molecule has 1 aromatic carbocycles. The van der Waals surface area contributed by atoms with Crippen LogP contribution in [0.1, 0.15) is 6.42 Å². The number of para-hydroxylation sites is 2. The van der Waals surface area contributed by atoms with Crippen molar-refractivity contribution in [2.24, 2.45) is 0 Å². The second-order valence-corrected chi connectivity index (χ2v) is 3.13. The van der Waals surface area contributed by atoms with Gasteiger partial charge in [0.15, 0.2) is 5.75 Å². The predicted molar refractivity (Wildman–Crippen MR) is 50.5 cm³/mol. The average Bonchev–Trinajstić information content (AvgIpc) is 2.09. The van der Waals surface area contributed by atoms with E-state index in [1.165, 1.54) is 6.07 Å². The molecule has 2 nitrogen and oxygen atoms in total. The van der Waals surface area contributed by atoms with Gasteiger partial charge in [0.1, 0.15) is 0 Å². The van der Waals surface area contributed by atoms with Crippen molar-refractivity contribution in [1.82, 2.24) is 0 Å². The van der Waals surface area contributed by atoms with Crippen molar-refractivity contribution in [2.45, 2.75) is 6.42 Å². The van der Waals surface area contributed by atoms with Gasteiger partial charge in [-0.1, -0.05) is 28.1 Å². The van der Waals surface area contributed by atoms with Gasteiger partial charge in [0, 0.05) is 5.33 Å². The van der Waals surface area contributed by atoms with Crippen LogP contribution in [0, 0.1) is 0 Å². The maximum Gasteiger partial charge on any atom is 0.220 e. The molecule has 0 spiro atoms. The van der Waals surface area contributed by atoms with Crippen LogP contribution in [0.4, 0.5) is 0 Å². The Morgan fingerprint density at radius 3 is 2.75 bits per heavy atom. The molecule has 12 heavy (non-hydrogen) atoms. The van der Waals surface area contributed by atoms with E-state index in [-0.39, 0.29) is 5.75 Å². The first kappa shape index (κ1) is 9.39. The highest BCUT2D eigenvalue weighted by molar-refractivity contribution is 9.09. The maximum absolute atomic E-state index is 11.1. The summed E-state index contributed by atoms with van der Waals surface area (Å²) in [5, 5.41) is 12.0. The van der Waals surface area contributed by atoms with Crippen molar-refractivity contribution >= 4 is 15.9 Å². The van der Waals surface area contributed by atoms with E-state index in [0.29, 0.717) is 12.4 Å². The van der Waals surface area contributed by atoms with E-state index in [0.717, 1.165) is 11.8 Å². The first-order valence-corrected chi connectivity index (χ1v) is 4.91. The molecular formula is C9H10BrO2. The minimum absolute atomic E-state index is 0.0490. The van der Waals surface area contributed by atoms with Gasteiger partial charge in [0.2, 0.25) is 5.75 Å². The highest BCUT2D eigenvalue weighted by Crippen LogP contribution is 2.24. The predicted octanol–water partition coefficient (Wildman–Crippen LogP) is 2.99. The zero-order valence-corrected chi connectivity index (χ0v) is 8.21. The third kappa shape index (κ3) is 2.74. The SMILES string of the molecule is [O]c1ccccc1OCCCBr. The highest BCUT2D eigenvalue weighted by Gasteiger charge is 2.00. The first-order valence-electron chi connectivity index (χ1n) is 3.79. The topological polar surface area (TPSA) is 29.1 Å². The van der Waals surface area contributed by atoms with Crippen LogP contribution in [0.5, 0.6) is 11.5 Å². The fourth-order valence-electron chi connectivity index (χ4n) is 0.806. The minimum Gasteiger partial charge on any atom is -0.489 e. The molecule has 0 saturated heterocycles. The maximum atomic E-state index is 11.1. The number of rotatable bonds is 4. The Morgan fingerprint density at radius 1 is 1.33 bits per heavy atom. The largest absolute Gasteiger partial charge is 0.489 e. The van der Waals surface area contributed by atoms with Crippen LogP contribution in [0.15, 0.2) is 24.3 Å². The molecule has 1 aromatic rings. The van der Waals surface area contributed by atoms with E-state index in [9.17, 15) is 5.11 Å². The fourth-order valence-corrected chi connectivity index (χ4v) is 1.04. The second kappa shape index (κ2) is 5.04. The van der Waals surface area contributed by atoms with Crippen molar-refractivity contribution in [1.29, 1.82) is 0 Å². The third-order valence-corrected chi connectivity index (χ3v) is 1.95. The summed E-state index contributed by atoms with van der Waals surface area (Å²) in [6.45, 7) is 0.588. The molecule has 0 amide bonds. The lowest BCUT2D eigenvalue weighted by Crippen LogP contribution is -1.97. The van der Waals surface area contributed by atoms with E-state index in [1.54, 1.807) is 18.2 Å². The standard InChI is InChI=1S/C9H10BrO2/c10-6-3-7-12-9-5-2-1-4-8(9)11/h1-2,4-5H,3,6-7H2. The van der Waals surface area contributed by atoms with E-state index >= 15 is 0 Å². The van der Waals surface area contributed by atoms with E-state index in [2.05, 4.69) is 15.9 Å². The van der Waals surface area contributed by atoms with E-state index < -0.39 is 0 Å². The summed E-state index contributed by atoms with van der Waals surface area (Å²) in [5.41, 5.74) is 0. The molecule has 0 aliphatic carbocycles. The third-order valence-electron chi connectivity index (χ3n) is 1.38. The quantitative estimate of drug-likeness (QED) is 0.577. The molecule has 0 aliphatic heterocycles. The van der Waals surface area contributed by atoms with Crippen LogP contribution in [0.25, 0.3) is 0 Å². The summed E-state index contributed by atoms with van der Waals surface area (Å²) >= 11 is 3.28. The Balaban J connectivity index is 2.46. The van der Waals surface area contributed by atoms with Crippen LogP contribution in [-0.2, 0) is 5.11 Å². The zero-order valence-electron chi connectivity index (χ0n) is 6.63. The normalized spacial score (nSPS) is 9.75. The molecule has 0 atom stereocenters. The van der Waals surface area contributed by atoms with E-state index in [1.807, 2.05) is 0 Å². The summed E-state index contributed by atoms with van der Waals surface area (Å²) in [5.74, 6) is 0.394. The summed E-state index contributed by atoms with van der Waals surface area (Å²) in [7, 11) is 0. The van der Waals surface area contributed by atoms with Crippen molar-refractivity contribution < 1.29 is 9.84 Å². The van der Waals surface area contributed by atoms with Gasteiger partial charge in [-0.3, -0.25) is 5.11 Å². The number of halogens is 1. The van der Waals surface area contributed by atoms with Gasteiger partial charge in [-0.15, -0.1) is 0 Å².